The summed E-state index contributed by atoms with van der Waals surface area (Å²) < 4.78 is 1.68. The number of ketones is 1. The molecule has 0 saturated carbocycles. The van der Waals surface area contributed by atoms with E-state index in [1.165, 1.54) is 0 Å². The summed E-state index contributed by atoms with van der Waals surface area (Å²) in [6, 6.07) is 10.9. The van der Waals surface area contributed by atoms with Crippen LogP contribution in [-0.4, -0.2) is 64.8 Å². The Labute approximate surface area is 189 Å². The molecule has 2 amide bonds. The van der Waals surface area contributed by atoms with E-state index >= 15 is 0 Å². The number of hydrogen-bond acceptors (Lipinski definition) is 4. The molecule has 7 heteroatoms. The van der Waals surface area contributed by atoms with E-state index in [4.69, 9.17) is 0 Å². The molecule has 0 unspecified atom stereocenters. The average Bonchev–Trinajstić information content (AvgIpc) is 3.44. The van der Waals surface area contributed by atoms with Crippen LogP contribution in [0.2, 0.25) is 0 Å². The molecular formula is C25H32N4O3. The number of piperidine rings is 1. The second-order valence-corrected chi connectivity index (χ2v) is 8.93. The van der Waals surface area contributed by atoms with Gasteiger partial charge in [0.05, 0.1) is 6.54 Å². The normalized spacial score (nSPS) is 17.5. The van der Waals surface area contributed by atoms with Crippen LogP contribution in [0.3, 0.4) is 0 Å². The van der Waals surface area contributed by atoms with E-state index in [1.807, 2.05) is 43.0 Å². The van der Waals surface area contributed by atoms with Gasteiger partial charge in [-0.15, -0.1) is 0 Å². The van der Waals surface area contributed by atoms with E-state index in [-0.39, 0.29) is 17.6 Å². The molecule has 2 fully saturated rings. The number of aryl methyl sites for hydroxylation is 1. The highest BCUT2D eigenvalue weighted by Gasteiger charge is 2.30. The third-order valence-corrected chi connectivity index (χ3v) is 6.70. The highest BCUT2D eigenvalue weighted by molar-refractivity contribution is 6.01. The van der Waals surface area contributed by atoms with Crippen molar-refractivity contribution < 1.29 is 14.4 Å². The lowest BCUT2D eigenvalue weighted by Gasteiger charge is -2.32. The van der Waals surface area contributed by atoms with Crippen molar-refractivity contribution in [2.75, 3.05) is 38.1 Å². The predicted octanol–water partition coefficient (Wildman–Crippen LogP) is 3.01. The maximum Gasteiger partial charge on any atom is 0.270 e. The summed E-state index contributed by atoms with van der Waals surface area (Å²) >= 11 is 0. The summed E-state index contributed by atoms with van der Waals surface area (Å²) in [6.45, 7) is 7.39. The Morgan fingerprint density at radius 3 is 2.28 bits per heavy atom. The second kappa shape index (κ2) is 9.69. The number of Topliss-reactive ketones (excluding diaryl/α,β-unsaturated/α-hetero) is 1. The molecule has 1 aromatic heterocycles. The molecule has 3 heterocycles. The molecule has 2 aliphatic rings. The standard InChI is InChI=1S/C25H32N4O3/c1-18-16-22(19(2)29(18)26-24(31)20-8-4-3-5-9-20)23(30)17-27-14-10-21(11-15-27)25(32)28-12-6-7-13-28/h3-5,8-9,16,21H,6-7,10-15,17H2,1-2H3,(H,26,31). The van der Waals surface area contributed by atoms with Crippen molar-refractivity contribution in [3.8, 4) is 0 Å². The number of hydrogen-bond donors (Lipinski definition) is 1. The van der Waals surface area contributed by atoms with Crippen LogP contribution in [-0.2, 0) is 4.79 Å². The number of likely N-dealkylation sites (tertiary alicyclic amines) is 2. The minimum absolute atomic E-state index is 0.0441. The second-order valence-electron chi connectivity index (χ2n) is 8.93. The number of benzene rings is 1. The van der Waals surface area contributed by atoms with Crippen molar-refractivity contribution >= 4 is 17.6 Å². The number of nitrogens with one attached hydrogen (secondary N) is 1. The average molecular weight is 437 g/mol. The number of nitrogens with zero attached hydrogens (tertiary/aromatic N) is 3. The van der Waals surface area contributed by atoms with Crippen LogP contribution in [0.5, 0.6) is 0 Å². The third-order valence-electron chi connectivity index (χ3n) is 6.70. The Bertz CT molecular complexity index is 984. The molecule has 4 rings (SSSR count). The van der Waals surface area contributed by atoms with Crippen LogP contribution in [0.1, 0.15) is 57.8 Å². The fourth-order valence-corrected chi connectivity index (χ4v) is 4.79. The fraction of sp³-hybridized carbons (Fsp3) is 0.480. The SMILES string of the molecule is Cc1cc(C(=O)CN2CCC(C(=O)N3CCCC3)CC2)c(C)n1NC(=O)c1ccccc1. The zero-order valence-electron chi connectivity index (χ0n) is 19.0. The van der Waals surface area contributed by atoms with Crippen LogP contribution in [0, 0.1) is 19.8 Å². The van der Waals surface area contributed by atoms with Gasteiger partial charge in [0.1, 0.15) is 0 Å². The summed E-state index contributed by atoms with van der Waals surface area (Å²) in [6.07, 6.45) is 3.86. The van der Waals surface area contributed by atoms with E-state index < -0.39 is 0 Å². The summed E-state index contributed by atoms with van der Waals surface area (Å²) in [5, 5.41) is 0. The van der Waals surface area contributed by atoms with Crippen molar-refractivity contribution in [3.05, 3.63) is 58.9 Å². The maximum atomic E-state index is 13.0. The number of amides is 2. The largest absolute Gasteiger partial charge is 0.342 e. The highest BCUT2D eigenvalue weighted by atomic mass is 16.2. The topological polar surface area (TPSA) is 74.7 Å². The van der Waals surface area contributed by atoms with Gasteiger partial charge in [-0.2, -0.15) is 0 Å². The van der Waals surface area contributed by atoms with E-state index in [0.717, 1.165) is 63.3 Å². The molecule has 2 aliphatic heterocycles. The summed E-state index contributed by atoms with van der Waals surface area (Å²) in [4.78, 5) is 42.4. The Hall–Kier alpha value is -2.93. The predicted molar refractivity (Wildman–Crippen MR) is 123 cm³/mol. The fourth-order valence-electron chi connectivity index (χ4n) is 4.79. The Balaban J connectivity index is 1.34. The Morgan fingerprint density at radius 1 is 0.969 bits per heavy atom. The van der Waals surface area contributed by atoms with Gasteiger partial charge in [0.25, 0.3) is 5.91 Å². The van der Waals surface area contributed by atoms with Crippen LogP contribution in [0.25, 0.3) is 0 Å². The van der Waals surface area contributed by atoms with Gasteiger partial charge in [0.2, 0.25) is 5.91 Å². The minimum atomic E-state index is -0.212. The van der Waals surface area contributed by atoms with E-state index in [1.54, 1.807) is 16.8 Å². The molecule has 0 spiro atoms. The quantitative estimate of drug-likeness (QED) is 0.707. The summed E-state index contributed by atoms with van der Waals surface area (Å²) in [5.74, 6) is 0.225. The van der Waals surface area contributed by atoms with Gasteiger partial charge >= 0.3 is 0 Å². The first-order chi connectivity index (χ1) is 15.4. The Morgan fingerprint density at radius 2 is 1.62 bits per heavy atom. The minimum Gasteiger partial charge on any atom is -0.342 e. The number of rotatable bonds is 6. The third kappa shape index (κ3) is 4.78. The molecule has 0 atom stereocenters. The zero-order valence-corrected chi connectivity index (χ0v) is 19.0. The molecular weight excluding hydrogens is 404 g/mol. The van der Waals surface area contributed by atoms with Gasteiger partial charge in [0.15, 0.2) is 5.78 Å². The van der Waals surface area contributed by atoms with Crippen LogP contribution in [0.15, 0.2) is 36.4 Å². The van der Waals surface area contributed by atoms with Gasteiger partial charge in [-0.1, -0.05) is 18.2 Å². The molecule has 0 radical (unpaired) electrons. The van der Waals surface area contributed by atoms with E-state index in [9.17, 15) is 14.4 Å². The van der Waals surface area contributed by atoms with Gasteiger partial charge in [-0.25, -0.2) is 0 Å². The van der Waals surface area contributed by atoms with Crippen molar-refractivity contribution in [2.45, 2.75) is 39.5 Å². The van der Waals surface area contributed by atoms with Crippen LogP contribution >= 0.6 is 0 Å². The molecule has 1 N–H and O–H groups in total. The van der Waals surface area contributed by atoms with E-state index in [2.05, 4.69) is 10.3 Å². The molecule has 2 aromatic rings. The summed E-state index contributed by atoms with van der Waals surface area (Å²) in [5.41, 5.74) is 5.63. The highest BCUT2D eigenvalue weighted by Crippen LogP contribution is 2.23. The van der Waals surface area contributed by atoms with E-state index in [0.29, 0.717) is 23.6 Å². The first-order valence-electron chi connectivity index (χ1n) is 11.5. The molecule has 0 bridgehead atoms. The lowest BCUT2D eigenvalue weighted by atomic mass is 9.95. The van der Waals surface area contributed by atoms with Crippen LogP contribution < -0.4 is 5.43 Å². The molecule has 32 heavy (non-hydrogen) atoms. The number of carbonyl (C=O) groups is 3. The monoisotopic (exact) mass is 436 g/mol. The van der Waals surface area contributed by atoms with Gasteiger partial charge in [-0.3, -0.25) is 29.4 Å². The first-order valence-corrected chi connectivity index (χ1v) is 11.5. The lowest BCUT2D eigenvalue weighted by Crippen LogP contribution is -2.43. The lowest BCUT2D eigenvalue weighted by molar-refractivity contribution is -0.135. The van der Waals surface area contributed by atoms with Crippen molar-refractivity contribution in [1.29, 1.82) is 0 Å². The number of carbonyl (C=O) groups excluding carboxylic acids is 3. The van der Waals surface area contributed by atoms with Crippen molar-refractivity contribution in [1.82, 2.24) is 14.5 Å². The first kappa shape index (κ1) is 22.3. The van der Waals surface area contributed by atoms with Gasteiger partial charge in [-0.05, 0) is 70.8 Å². The molecule has 170 valence electrons. The molecule has 2 saturated heterocycles. The molecule has 1 aromatic carbocycles. The smallest absolute Gasteiger partial charge is 0.270 e. The van der Waals surface area contributed by atoms with Gasteiger partial charge < -0.3 is 4.90 Å². The van der Waals surface area contributed by atoms with Crippen molar-refractivity contribution in [2.24, 2.45) is 5.92 Å². The van der Waals surface area contributed by atoms with Crippen LogP contribution in [0.4, 0.5) is 0 Å². The molecule has 7 nitrogen and oxygen atoms in total. The maximum absolute atomic E-state index is 13.0. The zero-order chi connectivity index (χ0) is 22.7. The van der Waals surface area contributed by atoms with Crippen molar-refractivity contribution in [3.63, 3.8) is 0 Å². The molecule has 0 aliphatic carbocycles. The van der Waals surface area contributed by atoms with Gasteiger partial charge in [0, 0.05) is 41.5 Å². The summed E-state index contributed by atoms with van der Waals surface area (Å²) in [7, 11) is 0. The Kier molecular flexibility index (Phi) is 6.74. The number of aromatic nitrogens is 1.